The minimum atomic E-state index is -0.604. The van der Waals surface area contributed by atoms with Gasteiger partial charge in [0.1, 0.15) is 0 Å². The summed E-state index contributed by atoms with van der Waals surface area (Å²) in [6.45, 7) is 0.554. The van der Waals surface area contributed by atoms with Crippen molar-refractivity contribution in [2.24, 2.45) is 5.41 Å². The second-order valence-corrected chi connectivity index (χ2v) is 6.19. The molecule has 20 heavy (non-hydrogen) atoms. The molecule has 0 radical (unpaired) electrons. The van der Waals surface area contributed by atoms with Gasteiger partial charge in [-0.05, 0) is 24.3 Å². The van der Waals surface area contributed by atoms with Gasteiger partial charge in [0.15, 0.2) is 0 Å². The van der Waals surface area contributed by atoms with Gasteiger partial charge in [0.05, 0.1) is 4.92 Å². The molecule has 1 aromatic heterocycles. The predicted octanol–water partition coefficient (Wildman–Crippen LogP) is 3.49. The topological polar surface area (TPSA) is 65.1 Å². The first-order valence-electron chi connectivity index (χ1n) is 6.98. The molecule has 0 bridgehead atoms. The number of pyridine rings is 1. The zero-order chi connectivity index (χ0) is 14.6. The van der Waals surface area contributed by atoms with Gasteiger partial charge in [0, 0.05) is 24.1 Å². The molecule has 0 aliphatic heterocycles. The number of alkyl halides is 1. The molecule has 0 aromatic carbocycles. The molecule has 6 heteroatoms. The van der Waals surface area contributed by atoms with E-state index in [1.54, 1.807) is 12.3 Å². The Morgan fingerprint density at radius 3 is 2.50 bits per heavy atom. The van der Waals surface area contributed by atoms with Crippen molar-refractivity contribution < 1.29 is 4.92 Å². The van der Waals surface area contributed by atoms with Gasteiger partial charge >= 0.3 is 11.2 Å². The number of hydrogen-bond acceptors (Lipinski definition) is 3. The Kier molecular flexibility index (Phi) is 4.96. The van der Waals surface area contributed by atoms with E-state index in [9.17, 15) is 14.9 Å². The van der Waals surface area contributed by atoms with E-state index >= 15 is 0 Å². The standard InChI is InChI=1S/C14H19BrN2O3/c15-10-14(7-3-1-2-4-8-14)11-16-9-5-6-12(13(16)18)17(19)20/h5-6,9H,1-4,7-8,10-11H2. The first-order chi connectivity index (χ1) is 9.58. The highest BCUT2D eigenvalue weighted by Gasteiger charge is 2.31. The van der Waals surface area contributed by atoms with Crippen LogP contribution in [0.25, 0.3) is 0 Å². The number of hydrogen-bond donors (Lipinski definition) is 0. The summed E-state index contributed by atoms with van der Waals surface area (Å²) in [5, 5.41) is 11.7. The largest absolute Gasteiger partial charge is 0.334 e. The average molecular weight is 343 g/mol. The third-order valence-electron chi connectivity index (χ3n) is 4.15. The van der Waals surface area contributed by atoms with Crippen LogP contribution in [-0.2, 0) is 6.54 Å². The molecule has 1 aromatic rings. The number of rotatable bonds is 4. The lowest BCUT2D eigenvalue weighted by atomic mass is 9.82. The van der Waals surface area contributed by atoms with Gasteiger partial charge in [-0.1, -0.05) is 41.6 Å². The van der Waals surface area contributed by atoms with Crippen LogP contribution in [0.4, 0.5) is 5.69 Å². The lowest BCUT2D eigenvalue weighted by molar-refractivity contribution is -0.386. The van der Waals surface area contributed by atoms with E-state index in [0.29, 0.717) is 6.54 Å². The van der Waals surface area contributed by atoms with E-state index in [4.69, 9.17) is 0 Å². The Morgan fingerprint density at radius 2 is 1.95 bits per heavy atom. The van der Waals surface area contributed by atoms with Crippen molar-refractivity contribution in [3.05, 3.63) is 38.8 Å². The van der Waals surface area contributed by atoms with Crippen LogP contribution in [0.1, 0.15) is 38.5 Å². The highest BCUT2D eigenvalue weighted by atomic mass is 79.9. The summed E-state index contributed by atoms with van der Waals surface area (Å²) in [7, 11) is 0. The van der Waals surface area contributed by atoms with Crippen molar-refractivity contribution >= 4 is 21.6 Å². The molecule has 2 rings (SSSR count). The molecule has 1 fully saturated rings. The molecule has 1 heterocycles. The number of aromatic nitrogens is 1. The smallest absolute Gasteiger partial charge is 0.309 e. The lowest BCUT2D eigenvalue weighted by Crippen LogP contribution is -2.33. The third kappa shape index (κ3) is 3.29. The van der Waals surface area contributed by atoms with E-state index in [2.05, 4.69) is 15.9 Å². The van der Waals surface area contributed by atoms with E-state index in [1.165, 1.54) is 23.5 Å². The molecule has 0 spiro atoms. The Morgan fingerprint density at radius 1 is 1.30 bits per heavy atom. The second-order valence-electron chi connectivity index (χ2n) is 5.63. The van der Waals surface area contributed by atoms with Gasteiger partial charge in [0.2, 0.25) is 0 Å². The monoisotopic (exact) mass is 342 g/mol. The maximum atomic E-state index is 12.1. The van der Waals surface area contributed by atoms with Crippen LogP contribution < -0.4 is 5.56 Å². The van der Waals surface area contributed by atoms with Crippen molar-refractivity contribution in [1.29, 1.82) is 0 Å². The normalized spacial score (nSPS) is 18.4. The Bertz CT molecular complexity index is 533. The molecule has 1 aliphatic rings. The number of halogens is 1. The predicted molar refractivity (Wildman–Crippen MR) is 81.3 cm³/mol. The molecule has 1 saturated carbocycles. The molecule has 110 valence electrons. The summed E-state index contributed by atoms with van der Waals surface area (Å²) < 4.78 is 1.50. The van der Waals surface area contributed by atoms with Crippen LogP contribution in [0.2, 0.25) is 0 Å². The first kappa shape index (κ1) is 15.2. The van der Waals surface area contributed by atoms with E-state index in [-0.39, 0.29) is 11.1 Å². The quantitative estimate of drug-likeness (QED) is 0.364. The zero-order valence-electron chi connectivity index (χ0n) is 11.4. The van der Waals surface area contributed by atoms with E-state index in [1.807, 2.05) is 0 Å². The van der Waals surface area contributed by atoms with Crippen molar-refractivity contribution in [3.63, 3.8) is 0 Å². The molecular formula is C14H19BrN2O3. The van der Waals surface area contributed by atoms with Gasteiger partial charge in [-0.3, -0.25) is 14.9 Å². The summed E-state index contributed by atoms with van der Waals surface area (Å²) in [4.78, 5) is 22.4. The van der Waals surface area contributed by atoms with Crippen molar-refractivity contribution in [1.82, 2.24) is 4.57 Å². The van der Waals surface area contributed by atoms with Crippen molar-refractivity contribution in [3.8, 4) is 0 Å². The van der Waals surface area contributed by atoms with Gasteiger partial charge in [-0.25, -0.2) is 0 Å². The maximum absolute atomic E-state index is 12.1. The van der Waals surface area contributed by atoms with E-state index in [0.717, 1.165) is 31.0 Å². The van der Waals surface area contributed by atoms with Crippen LogP contribution in [0.15, 0.2) is 23.1 Å². The molecule has 0 unspecified atom stereocenters. The third-order valence-corrected chi connectivity index (χ3v) is 5.34. The number of nitro groups is 1. The summed E-state index contributed by atoms with van der Waals surface area (Å²) >= 11 is 3.58. The van der Waals surface area contributed by atoms with Crippen LogP contribution in [0, 0.1) is 15.5 Å². The lowest BCUT2D eigenvalue weighted by Gasteiger charge is -2.31. The fraction of sp³-hybridized carbons (Fsp3) is 0.643. The van der Waals surface area contributed by atoms with Gasteiger partial charge in [-0.2, -0.15) is 0 Å². The first-order valence-corrected chi connectivity index (χ1v) is 8.10. The van der Waals surface area contributed by atoms with Crippen LogP contribution >= 0.6 is 15.9 Å². The summed E-state index contributed by atoms with van der Waals surface area (Å²) in [6, 6.07) is 2.85. The Labute approximate surface area is 126 Å². The molecular weight excluding hydrogens is 324 g/mol. The van der Waals surface area contributed by atoms with Gasteiger partial charge < -0.3 is 4.57 Å². The minimum Gasteiger partial charge on any atom is -0.309 e. The highest BCUT2D eigenvalue weighted by molar-refractivity contribution is 9.09. The molecule has 5 nitrogen and oxygen atoms in total. The highest BCUT2D eigenvalue weighted by Crippen LogP contribution is 2.38. The van der Waals surface area contributed by atoms with Crippen molar-refractivity contribution in [2.75, 3.05) is 5.33 Å². The second kappa shape index (κ2) is 6.52. The summed E-state index contributed by atoms with van der Waals surface area (Å²) in [5.74, 6) is 0. The van der Waals surface area contributed by atoms with Gasteiger partial charge in [0.25, 0.3) is 0 Å². The fourth-order valence-electron chi connectivity index (χ4n) is 2.96. The zero-order valence-corrected chi connectivity index (χ0v) is 13.0. The SMILES string of the molecule is O=c1c([N+](=O)[O-])cccn1CC1(CBr)CCCCCC1. The average Bonchev–Trinajstić information content (AvgIpc) is 2.67. The van der Waals surface area contributed by atoms with Crippen molar-refractivity contribution in [2.45, 2.75) is 45.1 Å². The molecule has 0 atom stereocenters. The summed E-state index contributed by atoms with van der Waals surface area (Å²) in [6.07, 6.45) is 8.58. The summed E-state index contributed by atoms with van der Waals surface area (Å²) in [5.41, 5.74) is -0.803. The number of nitrogens with zero attached hydrogens (tertiary/aromatic N) is 2. The Hall–Kier alpha value is -1.17. The fourth-order valence-corrected chi connectivity index (χ4v) is 3.70. The Balaban J connectivity index is 2.30. The maximum Gasteiger partial charge on any atom is 0.334 e. The van der Waals surface area contributed by atoms with Gasteiger partial charge in [-0.15, -0.1) is 0 Å². The molecule has 0 N–H and O–H groups in total. The molecule has 0 saturated heterocycles. The molecule has 1 aliphatic carbocycles. The van der Waals surface area contributed by atoms with Crippen LogP contribution in [-0.4, -0.2) is 14.8 Å². The molecule has 0 amide bonds. The van der Waals surface area contributed by atoms with Crippen LogP contribution in [0.5, 0.6) is 0 Å². The minimum absolute atomic E-state index is 0.0373. The van der Waals surface area contributed by atoms with E-state index < -0.39 is 10.5 Å². The van der Waals surface area contributed by atoms with Crippen LogP contribution in [0.3, 0.4) is 0 Å².